The van der Waals surface area contributed by atoms with Crippen molar-refractivity contribution in [2.75, 3.05) is 16.5 Å². The van der Waals surface area contributed by atoms with Crippen LogP contribution in [-0.2, 0) is 5.41 Å². The third-order valence-electron chi connectivity index (χ3n) is 11.8. The molecule has 0 atom stereocenters. The van der Waals surface area contributed by atoms with Gasteiger partial charge in [0.2, 0.25) is 0 Å². The molecule has 0 spiro atoms. The zero-order valence-electron chi connectivity index (χ0n) is 32.7. The van der Waals surface area contributed by atoms with Crippen LogP contribution in [0.3, 0.4) is 0 Å². The highest BCUT2D eigenvalue weighted by molar-refractivity contribution is 6.98. The first-order valence-corrected chi connectivity index (χ1v) is 20.0. The number of pyridine rings is 1. The molecule has 8 aromatic rings. The number of anilines is 4. The van der Waals surface area contributed by atoms with Crippen LogP contribution in [0.4, 0.5) is 22.7 Å². The maximum atomic E-state index is 6.69. The molecule has 0 saturated heterocycles. The summed E-state index contributed by atoms with van der Waals surface area (Å²) in [6, 6.07) is 60.5. The summed E-state index contributed by atoms with van der Waals surface area (Å²) in [5.41, 5.74) is 15.9. The fourth-order valence-electron chi connectivity index (χ4n) is 8.97. The van der Waals surface area contributed by atoms with Crippen LogP contribution in [0.15, 0.2) is 176 Å². The first-order valence-electron chi connectivity index (χ1n) is 20.0. The Morgan fingerprint density at radius 2 is 1.10 bits per heavy atom. The number of hydrogen-bond donors (Lipinski definition) is 0. The van der Waals surface area contributed by atoms with Crippen molar-refractivity contribution in [1.82, 2.24) is 4.98 Å². The molecule has 0 unspecified atom stereocenters. The zero-order valence-corrected chi connectivity index (χ0v) is 32.7. The van der Waals surface area contributed by atoms with Gasteiger partial charge in [-0.25, -0.2) is 0 Å². The zero-order chi connectivity index (χ0) is 39.0. The molecule has 0 aliphatic carbocycles. The van der Waals surface area contributed by atoms with Gasteiger partial charge in [-0.2, -0.15) is 0 Å². The molecule has 278 valence electrons. The van der Waals surface area contributed by atoms with Crippen molar-refractivity contribution in [1.29, 1.82) is 0 Å². The predicted octanol–water partition coefficient (Wildman–Crippen LogP) is 11.4. The van der Waals surface area contributed by atoms with Crippen molar-refractivity contribution in [2.24, 2.45) is 0 Å². The summed E-state index contributed by atoms with van der Waals surface area (Å²) in [6.07, 6.45) is 1.92. The lowest BCUT2D eigenvalue weighted by Crippen LogP contribution is -2.57. The van der Waals surface area contributed by atoms with E-state index < -0.39 is 0 Å². The van der Waals surface area contributed by atoms with Crippen molar-refractivity contribution in [3.63, 3.8) is 0 Å². The second-order valence-corrected chi connectivity index (χ2v) is 16.4. The van der Waals surface area contributed by atoms with Gasteiger partial charge in [0.25, 0.3) is 6.71 Å². The van der Waals surface area contributed by atoms with Gasteiger partial charge in [0.15, 0.2) is 0 Å². The predicted molar refractivity (Wildman–Crippen MR) is 239 cm³/mol. The van der Waals surface area contributed by atoms with Crippen molar-refractivity contribution in [3.05, 3.63) is 182 Å². The summed E-state index contributed by atoms with van der Waals surface area (Å²) in [5.74, 6) is 3.37. The highest BCUT2D eigenvalue weighted by Gasteiger charge is 2.41. The van der Waals surface area contributed by atoms with E-state index in [4.69, 9.17) is 14.5 Å². The van der Waals surface area contributed by atoms with Crippen LogP contribution in [0.2, 0.25) is 0 Å². The summed E-state index contributed by atoms with van der Waals surface area (Å²) in [4.78, 5) is 9.76. The van der Waals surface area contributed by atoms with Crippen LogP contribution in [0.1, 0.15) is 26.3 Å². The molecule has 4 heterocycles. The molecule has 5 nitrogen and oxygen atoms in total. The van der Waals surface area contributed by atoms with E-state index in [1.807, 2.05) is 12.3 Å². The van der Waals surface area contributed by atoms with Gasteiger partial charge < -0.3 is 19.3 Å². The van der Waals surface area contributed by atoms with Crippen LogP contribution in [0, 0.1) is 0 Å². The van der Waals surface area contributed by atoms with Crippen molar-refractivity contribution < 1.29 is 9.47 Å². The summed E-state index contributed by atoms with van der Waals surface area (Å²) in [5, 5.41) is 0. The van der Waals surface area contributed by atoms with Crippen LogP contribution >= 0.6 is 0 Å². The van der Waals surface area contributed by atoms with E-state index in [2.05, 4.69) is 194 Å². The maximum Gasteiger partial charge on any atom is 0.260 e. The van der Waals surface area contributed by atoms with Gasteiger partial charge in [-0.1, -0.05) is 124 Å². The van der Waals surface area contributed by atoms with Gasteiger partial charge in [0, 0.05) is 28.5 Å². The van der Waals surface area contributed by atoms with Gasteiger partial charge in [0.05, 0.1) is 22.8 Å². The van der Waals surface area contributed by atoms with E-state index in [0.29, 0.717) is 6.67 Å². The molecule has 0 N–H and O–H groups in total. The number of nitrogens with zero attached hydrogens (tertiary/aromatic N) is 3. The number of fused-ring (bicyclic) bond motifs is 5. The minimum absolute atomic E-state index is 0.00933. The topological polar surface area (TPSA) is 37.8 Å². The van der Waals surface area contributed by atoms with Crippen molar-refractivity contribution >= 4 is 45.9 Å². The Morgan fingerprint density at radius 1 is 0.517 bits per heavy atom. The minimum Gasteiger partial charge on any atom is -0.458 e. The lowest BCUT2D eigenvalue weighted by molar-refractivity contribution is 0.464. The van der Waals surface area contributed by atoms with Gasteiger partial charge in [-0.05, 0) is 105 Å². The molecule has 58 heavy (non-hydrogen) atoms. The lowest BCUT2D eigenvalue weighted by atomic mass is 9.34. The molecule has 1 aromatic heterocycles. The average molecular weight is 750 g/mol. The van der Waals surface area contributed by atoms with E-state index >= 15 is 0 Å². The number of hydrogen-bond acceptors (Lipinski definition) is 5. The van der Waals surface area contributed by atoms with Gasteiger partial charge in [0.1, 0.15) is 29.7 Å². The standard InChI is InChI=1S/C52H40BN3O2/c1-52(2,3)37-28-29-54-43(31-37)36-24-26-46-41(30-36)53-42-32-38(25-27-47(42)58-49-23-13-22-48(57-46)50(49)53)55-33-56(45-21-11-10-20-44(45)55)51-39(34-14-6-4-7-15-34)18-12-19-40(51)35-16-8-5-9-17-35/h4-32H,33H2,1-3H3. The Balaban J connectivity index is 1.05. The number of aromatic nitrogens is 1. The Bertz CT molecular complexity index is 2820. The van der Waals surface area contributed by atoms with Gasteiger partial charge in [-0.15, -0.1) is 0 Å². The molecule has 3 aliphatic heterocycles. The van der Waals surface area contributed by atoms with Crippen LogP contribution in [-0.4, -0.2) is 18.4 Å². The summed E-state index contributed by atoms with van der Waals surface area (Å²) in [7, 11) is 0. The van der Waals surface area contributed by atoms with Gasteiger partial charge in [-0.3, -0.25) is 4.98 Å². The molecule has 0 amide bonds. The monoisotopic (exact) mass is 749 g/mol. The van der Waals surface area contributed by atoms with Crippen molar-refractivity contribution in [3.8, 4) is 56.5 Å². The maximum absolute atomic E-state index is 6.69. The van der Waals surface area contributed by atoms with E-state index in [1.54, 1.807) is 0 Å². The Hall–Kier alpha value is -7.05. The van der Waals surface area contributed by atoms with E-state index in [-0.39, 0.29) is 12.1 Å². The Morgan fingerprint density at radius 3 is 1.76 bits per heavy atom. The van der Waals surface area contributed by atoms with Crippen LogP contribution in [0.5, 0.6) is 23.0 Å². The normalized spacial score (nSPS) is 13.5. The Labute approximate surface area is 339 Å². The molecular weight excluding hydrogens is 709 g/mol. The van der Waals surface area contributed by atoms with E-state index in [1.165, 1.54) is 33.5 Å². The SMILES string of the molecule is CC(C)(C)c1ccnc(-c2ccc3c(c2)B2c4cc(N5CN(c6c(-c7ccccc7)cccc6-c6ccccc6)c6ccccc65)ccc4Oc4cccc(c42)O3)c1. The number of rotatable bonds is 5. The molecule has 0 fully saturated rings. The van der Waals surface area contributed by atoms with E-state index in [9.17, 15) is 0 Å². The average Bonchev–Trinajstić information content (AvgIpc) is 3.65. The fourth-order valence-corrected chi connectivity index (χ4v) is 8.97. The third kappa shape index (κ3) is 5.59. The van der Waals surface area contributed by atoms with Crippen LogP contribution < -0.4 is 35.7 Å². The summed E-state index contributed by atoms with van der Waals surface area (Å²) < 4.78 is 13.3. The summed E-state index contributed by atoms with van der Waals surface area (Å²) >= 11 is 0. The molecule has 6 heteroatoms. The number of ether oxygens (including phenoxy) is 2. The second kappa shape index (κ2) is 13.3. The van der Waals surface area contributed by atoms with Crippen molar-refractivity contribution in [2.45, 2.75) is 26.2 Å². The number of para-hydroxylation sites is 3. The second-order valence-electron chi connectivity index (χ2n) is 16.4. The Kier molecular flexibility index (Phi) is 7.83. The molecule has 7 aromatic carbocycles. The lowest BCUT2D eigenvalue weighted by Gasteiger charge is -2.34. The fraction of sp³-hybridized carbons (Fsp3) is 0.0962. The third-order valence-corrected chi connectivity index (χ3v) is 11.8. The largest absolute Gasteiger partial charge is 0.458 e. The van der Waals surface area contributed by atoms with Crippen LogP contribution in [0.25, 0.3) is 33.5 Å². The molecular formula is C52H40BN3O2. The number of benzene rings is 7. The molecule has 0 radical (unpaired) electrons. The first-order chi connectivity index (χ1) is 28.4. The molecule has 3 aliphatic rings. The molecule has 11 rings (SSSR count). The molecule has 0 saturated carbocycles. The van der Waals surface area contributed by atoms with Gasteiger partial charge >= 0.3 is 0 Å². The quantitative estimate of drug-likeness (QED) is 0.164. The smallest absolute Gasteiger partial charge is 0.260 e. The minimum atomic E-state index is -0.0955. The van der Waals surface area contributed by atoms with E-state index in [0.717, 1.165) is 67.7 Å². The molecule has 0 bridgehead atoms. The first kappa shape index (κ1) is 34.2. The highest BCUT2D eigenvalue weighted by Crippen LogP contribution is 2.50. The highest BCUT2D eigenvalue weighted by atomic mass is 16.5. The summed E-state index contributed by atoms with van der Waals surface area (Å²) in [6.45, 7) is 7.26.